The molecule has 0 bridgehead atoms. The van der Waals surface area contributed by atoms with E-state index >= 15 is 0 Å². The third kappa shape index (κ3) is 5.01. The van der Waals surface area contributed by atoms with Gasteiger partial charge in [-0.15, -0.1) is 0 Å². The lowest BCUT2D eigenvalue weighted by atomic mass is 10.1. The minimum atomic E-state index is -0.210. The van der Waals surface area contributed by atoms with Crippen LogP contribution in [0.5, 0.6) is 23.0 Å². The van der Waals surface area contributed by atoms with Crippen molar-refractivity contribution in [2.24, 2.45) is 0 Å². The largest absolute Gasteiger partial charge is 0.497 e. The standard InChI is InChI=1S/C24H24N2O5/c1-28-20-8-3-17(4-9-20)14-26(15-18-5-12-22-23(13-18)31-16-30-22)24(27)25-19-6-10-21(29-2)11-7-19/h3-13H,14-16H2,1-2H3,(H,25,27). The number of methoxy groups -OCH3 is 2. The lowest BCUT2D eigenvalue weighted by Gasteiger charge is -2.24. The molecule has 7 heteroatoms. The Bertz CT molecular complexity index is 1030. The summed E-state index contributed by atoms with van der Waals surface area (Å²) in [5.74, 6) is 2.91. The van der Waals surface area contributed by atoms with Crippen LogP contribution in [0.1, 0.15) is 11.1 Å². The predicted octanol–water partition coefficient (Wildman–Crippen LogP) is 4.67. The smallest absolute Gasteiger partial charge is 0.322 e. The SMILES string of the molecule is COc1ccc(CN(Cc2ccc3c(c2)OCO3)C(=O)Nc2ccc(OC)cc2)cc1. The van der Waals surface area contributed by atoms with Crippen molar-refractivity contribution in [2.45, 2.75) is 13.1 Å². The fraction of sp³-hybridized carbons (Fsp3) is 0.208. The minimum Gasteiger partial charge on any atom is -0.497 e. The van der Waals surface area contributed by atoms with Gasteiger partial charge in [-0.25, -0.2) is 4.79 Å². The van der Waals surface area contributed by atoms with Crippen LogP contribution < -0.4 is 24.3 Å². The van der Waals surface area contributed by atoms with E-state index < -0.39 is 0 Å². The number of hydrogen-bond acceptors (Lipinski definition) is 5. The first-order valence-corrected chi connectivity index (χ1v) is 9.86. The summed E-state index contributed by atoms with van der Waals surface area (Å²) in [6.07, 6.45) is 0. The molecule has 3 aromatic rings. The maximum atomic E-state index is 13.1. The van der Waals surface area contributed by atoms with Gasteiger partial charge in [0.25, 0.3) is 0 Å². The van der Waals surface area contributed by atoms with Crippen molar-refractivity contribution < 1.29 is 23.7 Å². The van der Waals surface area contributed by atoms with E-state index in [1.807, 2.05) is 54.6 Å². The average molecular weight is 420 g/mol. The zero-order valence-corrected chi connectivity index (χ0v) is 17.5. The van der Waals surface area contributed by atoms with Crippen LogP contribution in [0.3, 0.4) is 0 Å². The van der Waals surface area contributed by atoms with Gasteiger partial charge in [-0.1, -0.05) is 18.2 Å². The van der Waals surface area contributed by atoms with Crippen LogP contribution >= 0.6 is 0 Å². The first-order valence-electron chi connectivity index (χ1n) is 9.86. The van der Waals surface area contributed by atoms with Crippen LogP contribution in [0.4, 0.5) is 10.5 Å². The first kappa shape index (κ1) is 20.4. The Balaban J connectivity index is 1.53. The Labute approximate surface area is 181 Å². The summed E-state index contributed by atoms with van der Waals surface area (Å²) in [5.41, 5.74) is 2.63. The summed E-state index contributed by atoms with van der Waals surface area (Å²) < 4.78 is 21.3. The molecular weight excluding hydrogens is 396 g/mol. The van der Waals surface area contributed by atoms with E-state index in [9.17, 15) is 4.79 Å². The highest BCUT2D eigenvalue weighted by Gasteiger charge is 2.18. The van der Waals surface area contributed by atoms with Gasteiger partial charge in [0, 0.05) is 18.8 Å². The van der Waals surface area contributed by atoms with Crippen molar-refractivity contribution in [3.8, 4) is 23.0 Å². The number of carbonyl (C=O) groups excluding carboxylic acids is 1. The van der Waals surface area contributed by atoms with Gasteiger partial charge in [0.2, 0.25) is 6.79 Å². The molecule has 1 aliphatic heterocycles. The molecule has 0 aliphatic carbocycles. The van der Waals surface area contributed by atoms with Crippen LogP contribution in [0.15, 0.2) is 66.7 Å². The number of urea groups is 1. The van der Waals surface area contributed by atoms with Gasteiger partial charge in [-0.2, -0.15) is 0 Å². The van der Waals surface area contributed by atoms with Gasteiger partial charge in [0.15, 0.2) is 11.5 Å². The first-order chi connectivity index (χ1) is 15.1. The van der Waals surface area contributed by atoms with Gasteiger partial charge >= 0.3 is 6.03 Å². The molecule has 160 valence electrons. The summed E-state index contributed by atoms with van der Waals surface area (Å²) in [6.45, 7) is 1.05. The molecular formula is C24H24N2O5. The topological polar surface area (TPSA) is 69.3 Å². The quantitative estimate of drug-likeness (QED) is 0.602. The van der Waals surface area contributed by atoms with E-state index in [2.05, 4.69) is 5.32 Å². The lowest BCUT2D eigenvalue weighted by Crippen LogP contribution is -2.34. The van der Waals surface area contributed by atoms with E-state index in [-0.39, 0.29) is 12.8 Å². The molecule has 0 radical (unpaired) electrons. The number of ether oxygens (including phenoxy) is 4. The van der Waals surface area contributed by atoms with Crippen molar-refractivity contribution in [3.05, 3.63) is 77.9 Å². The third-order valence-corrected chi connectivity index (χ3v) is 4.97. The van der Waals surface area contributed by atoms with Crippen LogP contribution in [0, 0.1) is 0 Å². The third-order valence-electron chi connectivity index (χ3n) is 4.97. The molecule has 0 unspecified atom stereocenters. The Morgan fingerprint density at radius 3 is 2.10 bits per heavy atom. The second-order valence-corrected chi connectivity index (χ2v) is 7.05. The summed E-state index contributed by atoms with van der Waals surface area (Å²) in [7, 11) is 3.23. The number of carbonyl (C=O) groups is 1. The minimum absolute atomic E-state index is 0.210. The Morgan fingerprint density at radius 1 is 0.839 bits per heavy atom. The molecule has 31 heavy (non-hydrogen) atoms. The highest BCUT2D eigenvalue weighted by molar-refractivity contribution is 5.89. The molecule has 4 rings (SSSR count). The van der Waals surface area contributed by atoms with Crippen LogP contribution in [-0.2, 0) is 13.1 Å². The van der Waals surface area contributed by atoms with Crippen molar-refractivity contribution in [1.29, 1.82) is 0 Å². The molecule has 0 spiro atoms. The van der Waals surface area contributed by atoms with Crippen molar-refractivity contribution in [2.75, 3.05) is 26.3 Å². The zero-order valence-electron chi connectivity index (χ0n) is 17.5. The molecule has 0 aromatic heterocycles. The molecule has 2 amide bonds. The van der Waals surface area contributed by atoms with E-state index in [0.29, 0.717) is 30.3 Å². The van der Waals surface area contributed by atoms with Crippen LogP contribution in [0.2, 0.25) is 0 Å². The summed E-state index contributed by atoms with van der Waals surface area (Å²) in [4.78, 5) is 14.9. The monoisotopic (exact) mass is 420 g/mol. The van der Waals surface area contributed by atoms with Crippen LogP contribution in [0.25, 0.3) is 0 Å². The molecule has 0 saturated heterocycles. The molecule has 0 saturated carbocycles. The molecule has 3 aromatic carbocycles. The Hall–Kier alpha value is -3.87. The van der Waals surface area contributed by atoms with E-state index in [1.54, 1.807) is 31.3 Å². The zero-order chi connectivity index (χ0) is 21.6. The maximum absolute atomic E-state index is 13.1. The van der Waals surface area contributed by atoms with Crippen molar-refractivity contribution in [1.82, 2.24) is 4.90 Å². The van der Waals surface area contributed by atoms with Gasteiger partial charge in [-0.3, -0.25) is 0 Å². The van der Waals surface area contributed by atoms with Gasteiger partial charge in [-0.05, 0) is 59.7 Å². The summed E-state index contributed by atoms with van der Waals surface area (Å²) in [6, 6.07) is 20.4. The number of amides is 2. The Morgan fingerprint density at radius 2 is 1.42 bits per heavy atom. The van der Waals surface area contributed by atoms with E-state index in [4.69, 9.17) is 18.9 Å². The fourth-order valence-corrected chi connectivity index (χ4v) is 3.29. The number of rotatable bonds is 7. The van der Waals surface area contributed by atoms with E-state index in [0.717, 1.165) is 22.6 Å². The molecule has 1 aliphatic rings. The molecule has 0 fully saturated rings. The summed E-state index contributed by atoms with van der Waals surface area (Å²) in [5, 5.41) is 2.96. The van der Waals surface area contributed by atoms with Gasteiger partial charge in [0.05, 0.1) is 14.2 Å². The normalized spacial score (nSPS) is 11.7. The number of hydrogen-bond donors (Lipinski definition) is 1. The van der Waals surface area contributed by atoms with Gasteiger partial charge in [0.1, 0.15) is 11.5 Å². The second kappa shape index (κ2) is 9.30. The highest BCUT2D eigenvalue weighted by Crippen LogP contribution is 2.33. The molecule has 1 N–H and O–H groups in total. The predicted molar refractivity (Wildman–Crippen MR) is 117 cm³/mol. The van der Waals surface area contributed by atoms with Crippen LogP contribution in [-0.4, -0.2) is 31.9 Å². The molecule has 0 atom stereocenters. The number of anilines is 1. The average Bonchev–Trinajstić information content (AvgIpc) is 3.27. The molecule has 1 heterocycles. The van der Waals surface area contributed by atoms with Crippen molar-refractivity contribution in [3.63, 3.8) is 0 Å². The Kier molecular flexibility index (Phi) is 6.12. The number of fused-ring (bicyclic) bond motifs is 1. The summed E-state index contributed by atoms with van der Waals surface area (Å²) >= 11 is 0. The lowest BCUT2D eigenvalue weighted by molar-refractivity contribution is 0.174. The molecule has 7 nitrogen and oxygen atoms in total. The highest BCUT2D eigenvalue weighted by atomic mass is 16.7. The number of benzene rings is 3. The maximum Gasteiger partial charge on any atom is 0.322 e. The van der Waals surface area contributed by atoms with E-state index in [1.165, 1.54) is 0 Å². The van der Waals surface area contributed by atoms with Gasteiger partial charge < -0.3 is 29.2 Å². The van der Waals surface area contributed by atoms with Crippen molar-refractivity contribution >= 4 is 11.7 Å². The second-order valence-electron chi connectivity index (χ2n) is 7.05. The number of nitrogens with one attached hydrogen (secondary N) is 1. The fourth-order valence-electron chi connectivity index (χ4n) is 3.29. The number of nitrogens with zero attached hydrogens (tertiary/aromatic N) is 1.